The van der Waals surface area contributed by atoms with Crippen LogP contribution in [0.1, 0.15) is 11.1 Å². The minimum atomic E-state index is -0.521. The number of nitrogens with zero attached hydrogens (tertiary/aromatic N) is 1. The number of ether oxygens (including phenoxy) is 1. The number of carbonyl (C=O) groups is 2. The van der Waals surface area contributed by atoms with Gasteiger partial charge in [-0.15, -0.1) is 0 Å². The summed E-state index contributed by atoms with van der Waals surface area (Å²) in [4.78, 5) is 26.5. The van der Waals surface area contributed by atoms with Crippen molar-refractivity contribution in [1.82, 2.24) is 0 Å². The zero-order valence-corrected chi connectivity index (χ0v) is 13.4. The van der Waals surface area contributed by atoms with Crippen molar-refractivity contribution in [3.63, 3.8) is 0 Å². The van der Waals surface area contributed by atoms with Crippen molar-refractivity contribution in [3.05, 3.63) is 64.7 Å². The first-order chi connectivity index (χ1) is 11.1. The van der Waals surface area contributed by atoms with Crippen molar-refractivity contribution < 1.29 is 14.3 Å². The molecule has 0 spiro atoms. The molecule has 0 saturated heterocycles. The van der Waals surface area contributed by atoms with Crippen molar-refractivity contribution in [2.45, 2.75) is 6.92 Å². The van der Waals surface area contributed by atoms with E-state index in [1.54, 1.807) is 36.4 Å². The van der Waals surface area contributed by atoms with Crippen molar-refractivity contribution in [2.75, 3.05) is 12.0 Å². The van der Waals surface area contributed by atoms with Gasteiger partial charge in [-0.3, -0.25) is 9.59 Å². The number of amides is 2. The number of halogens is 1. The summed E-state index contributed by atoms with van der Waals surface area (Å²) in [5, 5.41) is -0.0947. The smallest absolute Gasteiger partial charge is 0.277 e. The Bertz CT molecular complexity index is 842. The van der Waals surface area contributed by atoms with Gasteiger partial charge in [0, 0.05) is 5.56 Å². The van der Waals surface area contributed by atoms with Crippen LogP contribution in [-0.2, 0) is 9.59 Å². The van der Waals surface area contributed by atoms with E-state index in [0.29, 0.717) is 17.0 Å². The molecule has 23 heavy (non-hydrogen) atoms. The van der Waals surface area contributed by atoms with Crippen molar-refractivity contribution >= 4 is 34.7 Å². The number of anilines is 1. The number of benzene rings is 2. The molecule has 5 heteroatoms. The van der Waals surface area contributed by atoms with E-state index in [-0.39, 0.29) is 10.6 Å². The number of para-hydroxylation sites is 2. The highest BCUT2D eigenvalue weighted by Crippen LogP contribution is 2.38. The lowest BCUT2D eigenvalue weighted by Crippen LogP contribution is -2.31. The second kappa shape index (κ2) is 5.89. The first kappa shape index (κ1) is 15.3. The number of hydrogen-bond donors (Lipinski definition) is 0. The maximum atomic E-state index is 12.9. The summed E-state index contributed by atoms with van der Waals surface area (Å²) in [7, 11) is 1.51. The fraction of sp³-hybridized carbons (Fsp3) is 0.111. The Labute approximate surface area is 138 Å². The first-order valence-corrected chi connectivity index (χ1v) is 7.41. The molecule has 1 heterocycles. The molecule has 2 aromatic carbocycles. The summed E-state index contributed by atoms with van der Waals surface area (Å²) in [6.07, 6.45) is 0. The van der Waals surface area contributed by atoms with Crippen molar-refractivity contribution in [2.24, 2.45) is 0 Å². The molecule has 0 fully saturated rings. The van der Waals surface area contributed by atoms with Gasteiger partial charge in [0.25, 0.3) is 11.8 Å². The molecule has 0 atom stereocenters. The highest BCUT2D eigenvalue weighted by Gasteiger charge is 2.40. The molecule has 3 rings (SSSR count). The zero-order chi connectivity index (χ0) is 16.6. The number of rotatable bonds is 3. The van der Waals surface area contributed by atoms with Gasteiger partial charge in [-0.05, 0) is 24.6 Å². The quantitative estimate of drug-likeness (QED) is 0.810. The average molecular weight is 328 g/mol. The SMILES string of the molecule is COc1ccccc1C1=C(Cl)C(=O)N(c2ccccc2C)C1=O. The summed E-state index contributed by atoms with van der Waals surface area (Å²) in [6, 6.07) is 14.2. The molecule has 1 aliphatic rings. The monoisotopic (exact) mass is 327 g/mol. The standard InChI is InChI=1S/C18H14ClNO3/c1-11-7-3-5-9-13(11)20-17(21)15(16(19)18(20)22)12-8-4-6-10-14(12)23-2/h3-10H,1-2H3. The van der Waals surface area contributed by atoms with E-state index >= 15 is 0 Å². The van der Waals surface area contributed by atoms with E-state index in [0.717, 1.165) is 10.5 Å². The van der Waals surface area contributed by atoms with Crippen molar-refractivity contribution in [1.29, 1.82) is 0 Å². The molecule has 0 N–H and O–H groups in total. The number of hydrogen-bond acceptors (Lipinski definition) is 3. The molecule has 116 valence electrons. The Morgan fingerprint density at radius 1 is 0.957 bits per heavy atom. The van der Waals surface area contributed by atoms with Gasteiger partial charge in [0.05, 0.1) is 18.4 Å². The molecule has 0 aromatic heterocycles. The number of imide groups is 1. The van der Waals surface area contributed by atoms with Gasteiger partial charge in [0.1, 0.15) is 10.8 Å². The molecule has 2 amide bonds. The number of methoxy groups -OCH3 is 1. The van der Waals surface area contributed by atoms with E-state index < -0.39 is 11.8 Å². The fourth-order valence-electron chi connectivity index (χ4n) is 2.62. The summed E-state index contributed by atoms with van der Waals surface area (Å²) in [6.45, 7) is 1.84. The molecular weight excluding hydrogens is 314 g/mol. The minimum Gasteiger partial charge on any atom is -0.496 e. The predicted molar refractivity (Wildman–Crippen MR) is 89.4 cm³/mol. The van der Waals surface area contributed by atoms with E-state index in [1.165, 1.54) is 7.11 Å². The Morgan fingerprint density at radius 3 is 2.30 bits per heavy atom. The van der Waals surface area contributed by atoms with Gasteiger partial charge in [0.2, 0.25) is 0 Å². The van der Waals surface area contributed by atoms with Gasteiger partial charge in [0.15, 0.2) is 0 Å². The molecule has 0 bridgehead atoms. The Kier molecular flexibility index (Phi) is 3.92. The summed E-state index contributed by atoms with van der Waals surface area (Å²) < 4.78 is 5.28. The highest BCUT2D eigenvalue weighted by atomic mass is 35.5. The Balaban J connectivity index is 2.12. The largest absolute Gasteiger partial charge is 0.496 e. The molecule has 4 nitrogen and oxygen atoms in total. The van der Waals surface area contributed by atoms with Crippen LogP contribution >= 0.6 is 11.6 Å². The van der Waals surface area contributed by atoms with Crippen LogP contribution in [0.3, 0.4) is 0 Å². The maximum Gasteiger partial charge on any atom is 0.277 e. The van der Waals surface area contributed by atoms with Crippen LogP contribution in [0.5, 0.6) is 5.75 Å². The molecule has 0 saturated carbocycles. The second-order valence-corrected chi connectivity index (χ2v) is 5.50. The van der Waals surface area contributed by atoms with Crippen LogP contribution < -0.4 is 9.64 Å². The summed E-state index contributed by atoms with van der Waals surface area (Å²) in [5.74, 6) is -0.473. The number of aryl methyl sites for hydroxylation is 1. The van der Waals surface area contributed by atoms with Gasteiger partial charge >= 0.3 is 0 Å². The Morgan fingerprint density at radius 2 is 1.61 bits per heavy atom. The number of carbonyl (C=O) groups excluding carboxylic acids is 2. The molecule has 0 radical (unpaired) electrons. The Hall–Kier alpha value is -2.59. The third kappa shape index (κ3) is 2.41. The normalized spacial score (nSPS) is 14.7. The van der Waals surface area contributed by atoms with Crippen LogP contribution in [-0.4, -0.2) is 18.9 Å². The topological polar surface area (TPSA) is 46.6 Å². The molecule has 2 aromatic rings. The van der Waals surface area contributed by atoms with Gasteiger partial charge in [-0.25, -0.2) is 4.90 Å². The van der Waals surface area contributed by atoms with Gasteiger partial charge in [-0.2, -0.15) is 0 Å². The second-order valence-electron chi connectivity index (χ2n) is 5.12. The predicted octanol–water partition coefficient (Wildman–Crippen LogP) is 3.53. The van der Waals surface area contributed by atoms with Gasteiger partial charge < -0.3 is 4.74 Å². The first-order valence-electron chi connectivity index (χ1n) is 7.04. The molecule has 0 unspecified atom stereocenters. The molecular formula is C18H14ClNO3. The maximum absolute atomic E-state index is 12.9. The van der Waals surface area contributed by atoms with Crippen LogP contribution in [0.15, 0.2) is 53.6 Å². The summed E-state index contributed by atoms with van der Waals surface area (Å²) >= 11 is 6.20. The lowest BCUT2D eigenvalue weighted by atomic mass is 10.0. The third-order valence-corrected chi connectivity index (χ3v) is 4.11. The van der Waals surface area contributed by atoms with Gasteiger partial charge in [-0.1, -0.05) is 48.0 Å². The highest BCUT2D eigenvalue weighted by molar-refractivity contribution is 6.60. The van der Waals surface area contributed by atoms with Crippen LogP contribution in [0, 0.1) is 6.92 Å². The van der Waals surface area contributed by atoms with Crippen molar-refractivity contribution in [3.8, 4) is 5.75 Å². The fourth-order valence-corrected chi connectivity index (χ4v) is 2.89. The van der Waals surface area contributed by atoms with Crippen LogP contribution in [0.25, 0.3) is 5.57 Å². The van der Waals surface area contributed by atoms with E-state index in [2.05, 4.69) is 0 Å². The van der Waals surface area contributed by atoms with E-state index in [4.69, 9.17) is 16.3 Å². The molecule has 1 aliphatic heterocycles. The third-order valence-electron chi connectivity index (χ3n) is 3.76. The zero-order valence-electron chi connectivity index (χ0n) is 12.7. The lowest BCUT2D eigenvalue weighted by molar-refractivity contribution is -0.119. The van der Waals surface area contributed by atoms with E-state index in [1.807, 2.05) is 19.1 Å². The summed E-state index contributed by atoms with van der Waals surface area (Å²) in [5.41, 5.74) is 2.03. The van der Waals surface area contributed by atoms with E-state index in [9.17, 15) is 9.59 Å². The molecule has 0 aliphatic carbocycles. The van der Waals surface area contributed by atoms with Crippen LogP contribution in [0.2, 0.25) is 0 Å². The minimum absolute atomic E-state index is 0.0947. The lowest BCUT2D eigenvalue weighted by Gasteiger charge is -2.17. The average Bonchev–Trinajstić information content (AvgIpc) is 2.78. The van der Waals surface area contributed by atoms with Crippen LogP contribution in [0.4, 0.5) is 5.69 Å².